The number of methoxy groups -OCH3 is 1. The summed E-state index contributed by atoms with van der Waals surface area (Å²) in [6.45, 7) is 0.735. The molecule has 0 spiro atoms. The number of carbonyl (C=O) groups excluding carboxylic acids is 2. The van der Waals surface area contributed by atoms with E-state index in [9.17, 15) is 9.59 Å². The molecule has 6 heteroatoms. The first kappa shape index (κ1) is 20.6. The van der Waals surface area contributed by atoms with E-state index in [4.69, 9.17) is 9.47 Å². The van der Waals surface area contributed by atoms with Crippen LogP contribution in [0.15, 0.2) is 78.9 Å². The Balaban J connectivity index is 1.49. The fourth-order valence-electron chi connectivity index (χ4n) is 3.91. The zero-order chi connectivity index (χ0) is 21.6. The fourth-order valence-corrected chi connectivity index (χ4v) is 3.91. The Morgan fingerprint density at radius 2 is 1.61 bits per heavy atom. The number of carbonyl (C=O) groups is 2. The molecule has 0 saturated carbocycles. The summed E-state index contributed by atoms with van der Waals surface area (Å²) in [5.74, 6) is 0.760. The third-order valence-electron chi connectivity index (χ3n) is 5.46. The number of quaternary nitrogens is 1. The molecule has 3 aromatic rings. The van der Waals surface area contributed by atoms with E-state index in [0.717, 1.165) is 16.0 Å². The molecule has 2 N–H and O–H groups in total. The topological polar surface area (TPSA) is 69.1 Å². The zero-order valence-electron chi connectivity index (χ0n) is 17.3. The number of para-hydroxylation sites is 3. The molecule has 1 unspecified atom stereocenters. The van der Waals surface area contributed by atoms with Gasteiger partial charge in [-0.15, -0.1) is 0 Å². The minimum absolute atomic E-state index is 0.147. The maximum Gasteiger partial charge on any atom is 0.365 e. The van der Waals surface area contributed by atoms with Gasteiger partial charge in [0.2, 0.25) is 0 Å². The molecule has 0 saturated heterocycles. The van der Waals surface area contributed by atoms with Gasteiger partial charge in [-0.05, 0) is 29.8 Å². The second kappa shape index (κ2) is 9.45. The highest BCUT2D eigenvalue weighted by atomic mass is 16.5. The number of rotatable bonds is 6. The van der Waals surface area contributed by atoms with Gasteiger partial charge in [-0.3, -0.25) is 4.79 Å². The third-order valence-corrected chi connectivity index (χ3v) is 5.46. The molecule has 2 atom stereocenters. The summed E-state index contributed by atoms with van der Waals surface area (Å²) in [6.07, 6.45) is 0.555. The molecule has 3 aromatic carbocycles. The number of hydrogen-bond acceptors (Lipinski definition) is 4. The van der Waals surface area contributed by atoms with Crippen LogP contribution in [-0.2, 0) is 27.3 Å². The van der Waals surface area contributed by atoms with E-state index < -0.39 is 6.04 Å². The molecule has 1 aliphatic heterocycles. The van der Waals surface area contributed by atoms with E-state index in [1.54, 1.807) is 6.07 Å². The van der Waals surface area contributed by atoms with Crippen LogP contribution in [-0.4, -0.2) is 31.6 Å². The average molecular weight is 417 g/mol. The molecule has 0 radical (unpaired) electrons. The van der Waals surface area contributed by atoms with Crippen molar-refractivity contribution < 1.29 is 24.0 Å². The molecule has 0 aliphatic carbocycles. The maximum atomic E-state index is 12.9. The number of hydrogen-bond donors (Lipinski definition) is 2. The van der Waals surface area contributed by atoms with Gasteiger partial charge >= 0.3 is 5.97 Å². The normalized spacial score (nSPS) is 17.3. The molecule has 31 heavy (non-hydrogen) atoms. The number of amides is 1. The van der Waals surface area contributed by atoms with Gasteiger partial charge in [0.15, 0.2) is 18.3 Å². The summed E-state index contributed by atoms with van der Waals surface area (Å²) in [5, 5.41) is 2.94. The molecular formula is C25H25N2O4+. The van der Waals surface area contributed by atoms with Crippen LogP contribution >= 0.6 is 0 Å². The highest BCUT2D eigenvalue weighted by Crippen LogP contribution is 2.29. The first-order chi connectivity index (χ1) is 15.1. The van der Waals surface area contributed by atoms with Gasteiger partial charge in [0.1, 0.15) is 12.3 Å². The van der Waals surface area contributed by atoms with Crippen LogP contribution in [0.25, 0.3) is 0 Å². The van der Waals surface area contributed by atoms with Crippen LogP contribution in [0.4, 0.5) is 5.69 Å². The fraction of sp³-hybridized carbons (Fsp3) is 0.200. The largest absolute Gasteiger partial charge is 0.465 e. The Morgan fingerprint density at radius 1 is 0.935 bits per heavy atom. The molecular weight excluding hydrogens is 392 g/mol. The molecule has 1 heterocycles. The predicted octanol–water partition coefficient (Wildman–Crippen LogP) is 2.60. The lowest BCUT2D eigenvalue weighted by Crippen LogP contribution is -3.17. The van der Waals surface area contributed by atoms with Crippen molar-refractivity contribution in [2.75, 3.05) is 19.0 Å². The summed E-state index contributed by atoms with van der Waals surface area (Å²) in [7, 11) is 1.39. The Bertz CT molecular complexity index is 1070. The van der Waals surface area contributed by atoms with Crippen molar-refractivity contribution in [1.29, 1.82) is 0 Å². The Hall–Kier alpha value is -3.64. The highest BCUT2D eigenvalue weighted by molar-refractivity contribution is 5.93. The molecule has 6 nitrogen and oxygen atoms in total. The van der Waals surface area contributed by atoms with E-state index in [1.807, 2.05) is 72.8 Å². The van der Waals surface area contributed by atoms with E-state index >= 15 is 0 Å². The summed E-state index contributed by atoms with van der Waals surface area (Å²) in [5.41, 5.74) is 2.87. The molecule has 1 amide bonds. The third kappa shape index (κ3) is 4.92. The number of fused-ring (bicyclic) bond motifs is 1. The molecule has 0 fully saturated rings. The average Bonchev–Trinajstić information content (AvgIpc) is 2.80. The van der Waals surface area contributed by atoms with Crippen molar-refractivity contribution in [2.45, 2.75) is 19.0 Å². The van der Waals surface area contributed by atoms with Gasteiger partial charge in [-0.25, -0.2) is 4.79 Å². The number of esters is 1. The number of anilines is 1. The maximum absolute atomic E-state index is 12.9. The monoisotopic (exact) mass is 417 g/mol. The van der Waals surface area contributed by atoms with E-state index in [0.29, 0.717) is 30.2 Å². The van der Waals surface area contributed by atoms with Crippen molar-refractivity contribution >= 4 is 17.6 Å². The van der Waals surface area contributed by atoms with Crippen molar-refractivity contribution in [3.05, 3.63) is 90.0 Å². The number of benzene rings is 3. The summed E-state index contributed by atoms with van der Waals surface area (Å²) in [6, 6.07) is 24.3. The van der Waals surface area contributed by atoms with Gasteiger partial charge in [0.05, 0.1) is 12.8 Å². The first-order valence-corrected chi connectivity index (χ1v) is 10.2. The molecule has 0 aromatic heterocycles. The summed E-state index contributed by atoms with van der Waals surface area (Å²) < 4.78 is 10.9. The van der Waals surface area contributed by atoms with E-state index in [-0.39, 0.29) is 18.4 Å². The lowest BCUT2D eigenvalue weighted by molar-refractivity contribution is -0.924. The van der Waals surface area contributed by atoms with Gasteiger partial charge < -0.3 is 19.7 Å². The molecule has 4 rings (SSSR count). The van der Waals surface area contributed by atoms with Crippen LogP contribution in [0.2, 0.25) is 0 Å². The standard InChI is InChI=1S/C25H24N2O4/c1-30-25(29)22-15-18-9-5-6-10-19(18)16-27(22)17-24(28)26-21-13-7-8-14-23(21)31-20-11-3-2-4-12-20/h2-14,22H,15-17H2,1H3,(H,26,28)/p+1/t22-/m0/s1. The van der Waals surface area contributed by atoms with Crippen molar-refractivity contribution in [3.8, 4) is 11.5 Å². The smallest absolute Gasteiger partial charge is 0.365 e. The minimum Gasteiger partial charge on any atom is -0.465 e. The zero-order valence-corrected chi connectivity index (χ0v) is 17.3. The summed E-state index contributed by atoms with van der Waals surface area (Å²) in [4.78, 5) is 26.2. The van der Waals surface area contributed by atoms with Gasteiger partial charge in [0, 0.05) is 12.0 Å². The molecule has 1 aliphatic rings. The van der Waals surface area contributed by atoms with E-state index in [1.165, 1.54) is 7.11 Å². The van der Waals surface area contributed by atoms with Crippen molar-refractivity contribution in [3.63, 3.8) is 0 Å². The Labute approximate surface area is 181 Å². The van der Waals surface area contributed by atoms with E-state index in [2.05, 4.69) is 5.32 Å². The highest BCUT2D eigenvalue weighted by Gasteiger charge is 2.37. The second-order valence-corrected chi connectivity index (χ2v) is 7.52. The predicted molar refractivity (Wildman–Crippen MR) is 117 cm³/mol. The number of ether oxygens (including phenoxy) is 2. The van der Waals surface area contributed by atoms with Crippen LogP contribution < -0.4 is 15.0 Å². The van der Waals surface area contributed by atoms with Gasteiger partial charge in [-0.1, -0.05) is 54.6 Å². The quantitative estimate of drug-likeness (QED) is 0.605. The van der Waals surface area contributed by atoms with Crippen molar-refractivity contribution in [1.82, 2.24) is 0 Å². The molecule has 158 valence electrons. The Kier molecular flexibility index (Phi) is 6.29. The lowest BCUT2D eigenvalue weighted by Gasteiger charge is -2.31. The Morgan fingerprint density at radius 3 is 2.39 bits per heavy atom. The van der Waals surface area contributed by atoms with Crippen LogP contribution in [0, 0.1) is 0 Å². The molecule has 0 bridgehead atoms. The lowest BCUT2D eigenvalue weighted by atomic mass is 9.94. The summed E-state index contributed by atoms with van der Waals surface area (Å²) >= 11 is 0. The van der Waals surface area contributed by atoms with Gasteiger partial charge in [-0.2, -0.15) is 0 Å². The second-order valence-electron chi connectivity index (χ2n) is 7.52. The van der Waals surface area contributed by atoms with Crippen LogP contribution in [0.3, 0.4) is 0 Å². The first-order valence-electron chi connectivity index (χ1n) is 10.2. The minimum atomic E-state index is -0.415. The number of nitrogens with one attached hydrogen (secondary N) is 2. The van der Waals surface area contributed by atoms with Crippen molar-refractivity contribution in [2.24, 2.45) is 0 Å². The van der Waals surface area contributed by atoms with Crippen LogP contribution in [0.5, 0.6) is 11.5 Å². The van der Waals surface area contributed by atoms with Crippen LogP contribution in [0.1, 0.15) is 11.1 Å². The SMILES string of the molecule is COC(=O)[C@@H]1Cc2ccccc2C[NH+]1CC(=O)Nc1ccccc1Oc1ccccc1. The van der Waals surface area contributed by atoms with Gasteiger partial charge in [0.25, 0.3) is 5.91 Å².